The van der Waals surface area contributed by atoms with Crippen LogP contribution < -0.4 is 0 Å². The minimum Gasteiger partial charge on any atom is -0.481 e. The second kappa shape index (κ2) is 5.38. The van der Waals surface area contributed by atoms with Crippen LogP contribution >= 0.6 is 12.4 Å². The first-order chi connectivity index (χ1) is 5.18. The van der Waals surface area contributed by atoms with Crippen LogP contribution in [-0.2, 0) is 4.79 Å². The number of carboxylic acid groups (broad SMARTS) is 1. The first kappa shape index (κ1) is 11.7. The predicted molar refractivity (Wildman–Crippen MR) is 49.7 cm³/mol. The Bertz CT molecular complexity index is 152. The van der Waals surface area contributed by atoms with Gasteiger partial charge in [-0.15, -0.1) is 12.4 Å². The maximum absolute atomic E-state index is 10.4. The van der Waals surface area contributed by atoms with E-state index in [9.17, 15) is 4.79 Å². The van der Waals surface area contributed by atoms with Crippen molar-refractivity contribution in [1.82, 2.24) is 4.90 Å². The normalized spacial score (nSPS) is 24.6. The summed E-state index contributed by atoms with van der Waals surface area (Å²) >= 11 is 0. The van der Waals surface area contributed by atoms with Crippen molar-refractivity contribution in [3.8, 4) is 0 Å². The third kappa shape index (κ3) is 3.93. The van der Waals surface area contributed by atoms with Crippen molar-refractivity contribution in [3.05, 3.63) is 0 Å². The Morgan fingerprint density at radius 3 is 2.83 bits per heavy atom. The highest BCUT2D eigenvalue weighted by molar-refractivity contribution is 5.85. The van der Waals surface area contributed by atoms with Crippen LogP contribution in [0.2, 0.25) is 0 Å². The fraction of sp³-hybridized carbons (Fsp3) is 0.875. The number of piperidine rings is 1. The van der Waals surface area contributed by atoms with Gasteiger partial charge in [0.2, 0.25) is 0 Å². The van der Waals surface area contributed by atoms with E-state index in [4.69, 9.17) is 5.11 Å². The van der Waals surface area contributed by atoms with Crippen molar-refractivity contribution >= 4 is 18.4 Å². The summed E-state index contributed by atoms with van der Waals surface area (Å²) in [7, 11) is 2.05. The van der Waals surface area contributed by atoms with E-state index in [2.05, 4.69) is 4.90 Å². The molecule has 4 heteroatoms. The van der Waals surface area contributed by atoms with Gasteiger partial charge in [-0.1, -0.05) is 0 Å². The van der Waals surface area contributed by atoms with Gasteiger partial charge in [-0.2, -0.15) is 0 Å². The molecule has 1 fully saturated rings. The second-order valence-corrected chi connectivity index (χ2v) is 3.37. The molecule has 3 nitrogen and oxygen atoms in total. The van der Waals surface area contributed by atoms with Crippen LogP contribution in [0.5, 0.6) is 0 Å². The molecule has 1 aliphatic heterocycles. The van der Waals surface area contributed by atoms with E-state index in [0.29, 0.717) is 12.3 Å². The smallest absolute Gasteiger partial charge is 0.303 e. The van der Waals surface area contributed by atoms with E-state index in [0.717, 1.165) is 25.9 Å². The molecule has 0 aromatic rings. The standard InChI is InChI=1S/C8H15NO2.ClH/c1-9-4-2-3-7(6-9)5-8(10)11;/h7H,2-6H2,1H3,(H,10,11);1H. The number of hydrogen-bond acceptors (Lipinski definition) is 2. The summed E-state index contributed by atoms with van der Waals surface area (Å²) < 4.78 is 0. The zero-order valence-electron chi connectivity index (χ0n) is 7.32. The monoisotopic (exact) mass is 193 g/mol. The third-order valence-corrected chi connectivity index (χ3v) is 2.19. The molecule has 72 valence electrons. The molecule has 0 saturated carbocycles. The number of rotatable bonds is 2. The van der Waals surface area contributed by atoms with E-state index in [1.165, 1.54) is 0 Å². The predicted octanol–water partition coefficient (Wildman–Crippen LogP) is 1.22. The van der Waals surface area contributed by atoms with Crippen LogP contribution in [-0.4, -0.2) is 36.1 Å². The summed E-state index contributed by atoms with van der Waals surface area (Å²) in [5.41, 5.74) is 0. The van der Waals surface area contributed by atoms with Crippen LogP contribution in [0.4, 0.5) is 0 Å². The Morgan fingerprint density at radius 1 is 1.67 bits per heavy atom. The third-order valence-electron chi connectivity index (χ3n) is 2.19. The lowest BCUT2D eigenvalue weighted by Gasteiger charge is -2.28. The molecule has 1 aliphatic rings. The van der Waals surface area contributed by atoms with Crippen LogP contribution in [0.1, 0.15) is 19.3 Å². The van der Waals surface area contributed by atoms with E-state index >= 15 is 0 Å². The van der Waals surface area contributed by atoms with Crippen molar-refractivity contribution in [2.75, 3.05) is 20.1 Å². The van der Waals surface area contributed by atoms with Crippen molar-refractivity contribution in [2.45, 2.75) is 19.3 Å². The van der Waals surface area contributed by atoms with Crippen LogP contribution in [0.25, 0.3) is 0 Å². The molecule has 0 radical (unpaired) electrons. The number of nitrogens with zero attached hydrogens (tertiary/aromatic N) is 1. The van der Waals surface area contributed by atoms with Crippen LogP contribution in [0.15, 0.2) is 0 Å². The lowest BCUT2D eigenvalue weighted by atomic mass is 9.95. The molecular formula is C8H16ClNO2. The summed E-state index contributed by atoms with van der Waals surface area (Å²) in [6.07, 6.45) is 2.56. The van der Waals surface area contributed by atoms with Crippen LogP contribution in [0.3, 0.4) is 0 Å². The molecule has 0 amide bonds. The van der Waals surface area contributed by atoms with Gasteiger partial charge >= 0.3 is 5.97 Å². The highest BCUT2D eigenvalue weighted by Gasteiger charge is 2.19. The van der Waals surface area contributed by atoms with Crippen molar-refractivity contribution in [3.63, 3.8) is 0 Å². The summed E-state index contributed by atoms with van der Waals surface area (Å²) in [5.74, 6) is -0.281. The number of likely N-dealkylation sites (tertiary alicyclic amines) is 1. The molecular weight excluding hydrogens is 178 g/mol. The van der Waals surface area contributed by atoms with Crippen molar-refractivity contribution in [2.24, 2.45) is 5.92 Å². The summed E-state index contributed by atoms with van der Waals surface area (Å²) in [6, 6.07) is 0. The minimum absolute atomic E-state index is 0. The SMILES string of the molecule is CN1CCCC(CC(=O)O)C1.Cl. The number of halogens is 1. The van der Waals surface area contributed by atoms with E-state index in [1.807, 2.05) is 7.05 Å². The summed E-state index contributed by atoms with van der Waals surface area (Å²) in [5, 5.41) is 8.53. The molecule has 0 bridgehead atoms. The molecule has 1 rings (SSSR count). The Morgan fingerprint density at radius 2 is 2.33 bits per heavy atom. The molecule has 0 spiro atoms. The van der Waals surface area contributed by atoms with Gasteiger partial charge < -0.3 is 10.0 Å². The average molecular weight is 194 g/mol. The number of aliphatic carboxylic acids is 1. The first-order valence-corrected chi connectivity index (χ1v) is 4.09. The summed E-state index contributed by atoms with van der Waals surface area (Å²) in [6.45, 7) is 2.07. The average Bonchev–Trinajstić information content (AvgIpc) is 1.85. The van der Waals surface area contributed by atoms with Gasteiger partial charge in [-0.3, -0.25) is 4.79 Å². The number of hydrogen-bond donors (Lipinski definition) is 1. The Balaban J connectivity index is 0.00000121. The van der Waals surface area contributed by atoms with E-state index < -0.39 is 5.97 Å². The molecule has 1 N–H and O–H groups in total. The zero-order valence-corrected chi connectivity index (χ0v) is 8.14. The highest BCUT2D eigenvalue weighted by atomic mass is 35.5. The Labute approximate surface area is 79.2 Å². The van der Waals surface area contributed by atoms with Gasteiger partial charge in [-0.25, -0.2) is 0 Å². The Kier molecular flexibility index (Phi) is 5.25. The lowest BCUT2D eigenvalue weighted by molar-refractivity contribution is -0.138. The minimum atomic E-state index is -0.662. The molecule has 1 atom stereocenters. The van der Waals surface area contributed by atoms with Gasteiger partial charge in [0.25, 0.3) is 0 Å². The lowest BCUT2D eigenvalue weighted by Crippen LogP contribution is -2.33. The van der Waals surface area contributed by atoms with E-state index in [-0.39, 0.29) is 12.4 Å². The van der Waals surface area contributed by atoms with Gasteiger partial charge in [0.1, 0.15) is 0 Å². The largest absolute Gasteiger partial charge is 0.481 e. The van der Waals surface area contributed by atoms with Gasteiger partial charge in [0.05, 0.1) is 0 Å². The molecule has 12 heavy (non-hydrogen) atoms. The number of carbonyl (C=O) groups is 1. The van der Waals surface area contributed by atoms with E-state index in [1.54, 1.807) is 0 Å². The van der Waals surface area contributed by atoms with Crippen molar-refractivity contribution in [1.29, 1.82) is 0 Å². The zero-order chi connectivity index (χ0) is 8.27. The first-order valence-electron chi connectivity index (χ1n) is 4.09. The number of carboxylic acids is 1. The molecule has 0 aromatic carbocycles. The van der Waals surface area contributed by atoms with Gasteiger partial charge in [0.15, 0.2) is 0 Å². The van der Waals surface area contributed by atoms with Gasteiger partial charge in [-0.05, 0) is 32.4 Å². The summed E-state index contributed by atoms with van der Waals surface area (Å²) in [4.78, 5) is 12.6. The van der Waals surface area contributed by atoms with Gasteiger partial charge in [0, 0.05) is 13.0 Å². The molecule has 0 aromatic heterocycles. The van der Waals surface area contributed by atoms with Crippen molar-refractivity contribution < 1.29 is 9.90 Å². The second-order valence-electron chi connectivity index (χ2n) is 3.37. The maximum Gasteiger partial charge on any atom is 0.303 e. The fourth-order valence-corrected chi connectivity index (χ4v) is 1.69. The fourth-order valence-electron chi connectivity index (χ4n) is 1.69. The molecule has 0 aliphatic carbocycles. The molecule has 1 saturated heterocycles. The highest BCUT2D eigenvalue weighted by Crippen LogP contribution is 2.17. The molecule has 1 unspecified atom stereocenters. The molecule has 1 heterocycles. The topological polar surface area (TPSA) is 40.5 Å². The maximum atomic E-state index is 10.4. The quantitative estimate of drug-likeness (QED) is 0.717. The Hall–Kier alpha value is -0.280. The van der Waals surface area contributed by atoms with Crippen LogP contribution in [0, 0.1) is 5.92 Å².